The number of amides is 2. The monoisotopic (exact) mass is 479 g/mol. The molecule has 1 aliphatic rings. The van der Waals surface area contributed by atoms with Crippen LogP contribution in [0.3, 0.4) is 0 Å². The standard InChI is InChI=1S/C20H16BrClFN3O3/c21-17-8-12-7-15(1-2-16(12)25-17)26-4-3-20(29,19(26)28)18(27)24-10-11-5-13(22)9-14(23)6-11/h1-2,5-9,25,29H,3-4,10H2,(H,24,27)/t20-/m1/s1. The Bertz CT molecular complexity index is 1120. The second-order valence-corrected chi connectivity index (χ2v) is 8.21. The third-order valence-electron chi connectivity index (χ3n) is 4.93. The molecule has 2 amide bonds. The lowest BCUT2D eigenvalue weighted by Crippen LogP contribution is -2.52. The van der Waals surface area contributed by atoms with Crippen molar-refractivity contribution < 1.29 is 19.1 Å². The smallest absolute Gasteiger partial charge is 0.268 e. The quantitative estimate of drug-likeness (QED) is 0.500. The molecule has 0 bridgehead atoms. The zero-order valence-electron chi connectivity index (χ0n) is 15.0. The van der Waals surface area contributed by atoms with Gasteiger partial charge < -0.3 is 20.3 Å². The molecule has 2 aromatic carbocycles. The van der Waals surface area contributed by atoms with Gasteiger partial charge in [-0.25, -0.2) is 4.39 Å². The minimum Gasteiger partial charge on any atom is -0.372 e. The lowest BCUT2D eigenvalue weighted by Gasteiger charge is -2.22. The molecular formula is C20H16BrClFN3O3. The summed E-state index contributed by atoms with van der Waals surface area (Å²) in [5, 5.41) is 14.3. The van der Waals surface area contributed by atoms with Gasteiger partial charge in [-0.15, -0.1) is 0 Å². The van der Waals surface area contributed by atoms with E-state index in [1.165, 1.54) is 17.0 Å². The highest BCUT2D eigenvalue weighted by atomic mass is 79.9. The van der Waals surface area contributed by atoms with Crippen LogP contribution in [0.15, 0.2) is 47.1 Å². The average molecular weight is 481 g/mol. The minimum atomic E-state index is -2.18. The number of nitrogens with one attached hydrogen (secondary N) is 2. The molecule has 6 nitrogen and oxygen atoms in total. The molecule has 150 valence electrons. The molecule has 1 aromatic heterocycles. The number of nitrogens with zero attached hydrogens (tertiary/aromatic N) is 1. The Morgan fingerprint density at radius 2 is 2.10 bits per heavy atom. The van der Waals surface area contributed by atoms with Crippen molar-refractivity contribution in [2.75, 3.05) is 11.4 Å². The topological polar surface area (TPSA) is 85.4 Å². The zero-order chi connectivity index (χ0) is 20.8. The number of H-pyrrole nitrogens is 1. The minimum absolute atomic E-state index is 0.0452. The van der Waals surface area contributed by atoms with E-state index in [-0.39, 0.29) is 24.5 Å². The van der Waals surface area contributed by atoms with Crippen LogP contribution >= 0.6 is 27.5 Å². The Hall–Kier alpha value is -2.42. The van der Waals surface area contributed by atoms with Crippen LogP contribution in [0.1, 0.15) is 12.0 Å². The normalized spacial score (nSPS) is 19.2. The molecule has 0 spiro atoms. The maximum Gasteiger partial charge on any atom is 0.268 e. The number of hydrogen-bond acceptors (Lipinski definition) is 3. The van der Waals surface area contributed by atoms with Gasteiger partial charge in [-0.1, -0.05) is 11.6 Å². The van der Waals surface area contributed by atoms with Crippen molar-refractivity contribution >= 4 is 55.9 Å². The highest BCUT2D eigenvalue weighted by molar-refractivity contribution is 9.10. The van der Waals surface area contributed by atoms with Gasteiger partial charge in [0.15, 0.2) is 0 Å². The molecule has 4 rings (SSSR count). The van der Waals surface area contributed by atoms with E-state index >= 15 is 0 Å². The predicted octanol–water partition coefficient (Wildman–Crippen LogP) is 3.51. The van der Waals surface area contributed by atoms with Gasteiger partial charge >= 0.3 is 0 Å². The number of halogens is 3. The van der Waals surface area contributed by atoms with Crippen LogP contribution in [0.25, 0.3) is 10.9 Å². The number of fused-ring (bicyclic) bond motifs is 1. The number of rotatable bonds is 4. The van der Waals surface area contributed by atoms with Gasteiger partial charge in [0.05, 0.1) is 4.60 Å². The van der Waals surface area contributed by atoms with Crippen LogP contribution in [0, 0.1) is 5.82 Å². The van der Waals surface area contributed by atoms with Crippen LogP contribution in [-0.4, -0.2) is 34.1 Å². The molecule has 0 saturated carbocycles. The summed E-state index contributed by atoms with van der Waals surface area (Å²) in [5.74, 6) is -2.05. The molecule has 0 unspecified atom stereocenters. The lowest BCUT2D eigenvalue weighted by molar-refractivity contribution is -0.149. The number of carbonyl (C=O) groups is 2. The van der Waals surface area contributed by atoms with Crippen molar-refractivity contribution in [3.05, 3.63) is 63.5 Å². The number of anilines is 1. The third kappa shape index (κ3) is 3.75. The Kier molecular flexibility index (Phi) is 5.10. The SMILES string of the molecule is O=C(NCc1cc(F)cc(Cl)c1)[C@]1(O)CCN(c2ccc3[nH]c(Br)cc3c2)C1=O. The first-order chi connectivity index (χ1) is 13.8. The summed E-state index contributed by atoms with van der Waals surface area (Å²) in [6.45, 7) is 0.140. The van der Waals surface area contributed by atoms with E-state index in [9.17, 15) is 19.1 Å². The van der Waals surface area contributed by atoms with Crippen LogP contribution in [0.5, 0.6) is 0 Å². The Morgan fingerprint density at radius 3 is 2.86 bits per heavy atom. The molecule has 1 atom stereocenters. The summed E-state index contributed by atoms with van der Waals surface area (Å²) < 4.78 is 14.2. The molecule has 3 N–H and O–H groups in total. The van der Waals surface area contributed by atoms with Crippen molar-refractivity contribution in [1.29, 1.82) is 0 Å². The van der Waals surface area contributed by atoms with Crippen molar-refractivity contribution in [1.82, 2.24) is 10.3 Å². The molecule has 29 heavy (non-hydrogen) atoms. The summed E-state index contributed by atoms with van der Waals surface area (Å²) in [6, 6.07) is 11.1. The fourth-order valence-electron chi connectivity index (χ4n) is 3.46. The van der Waals surface area contributed by atoms with Crippen LogP contribution in [-0.2, 0) is 16.1 Å². The molecule has 1 saturated heterocycles. The van der Waals surface area contributed by atoms with Gasteiger partial charge in [-0.3, -0.25) is 9.59 Å². The van der Waals surface area contributed by atoms with E-state index in [1.54, 1.807) is 6.07 Å². The number of hydrogen-bond donors (Lipinski definition) is 3. The fraction of sp³-hybridized carbons (Fsp3) is 0.200. The maximum atomic E-state index is 13.4. The van der Waals surface area contributed by atoms with Gasteiger partial charge in [0.2, 0.25) is 5.60 Å². The van der Waals surface area contributed by atoms with E-state index in [0.29, 0.717) is 11.3 Å². The Labute approximate surface area is 178 Å². The highest BCUT2D eigenvalue weighted by Gasteiger charge is 2.51. The Balaban J connectivity index is 1.50. The zero-order valence-corrected chi connectivity index (χ0v) is 17.3. The largest absolute Gasteiger partial charge is 0.372 e. The maximum absolute atomic E-state index is 13.4. The molecule has 2 heterocycles. The van der Waals surface area contributed by atoms with Crippen LogP contribution < -0.4 is 10.2 Å². The second kappa shape index (κ2) is 7.44. The van der Waals surface area contributed by atoms with E-state index in [1.807, 2.05) is 18.2 Å². The lowest BCUT2D eigenvalue weighted by atomic mass is 10.0. The summed E-state index contributed by atoms with van der Waals surface area (Å²) in [7, 11) is 0. The number of aliphatic hydroxyl groups is 1. The number of aromatic amines is 1. The van der Waals surface area contributed by atoms with E-state index in [0.717, 1.165) is 21.6 Å². The Morgan fingerprint density at radius 1 is 1.31 bits per heavy atom. The first kappa shape index (κ1) is 19.9. The van der Waals surface area contributed by atoms with Crippen molar-refractivity contribution in [2.24, 2.45) is 0 Å². The first-order valence-corrected chi connectivity index (χ1v) is 9.99. The molecule has 0 radical (unpaired) electrons. The number of benzene rings is 2. The molecule has 0 aliphatic carbocycles. The van der Waals surface area contributed by atoms with Gasteiger partial charge in [-0.2, -0.15) is 0 Å². The average Bonchev–Trinajstić information content (AvgIpc) is 3.18. The number of carbonyl (C=O) groups excluding carboxylic acids is 2. The van der Waals surface area contributed by atoms with Crippen LogP contribution in [0.4, 0.5) is 10.1 Å². The predicted molar refractivity (Wildman–Crippen MR) is 111 cm³/mol. The molecule has 1 aliphatic heterocycles. The summed E-state index contributed by atoms with van der Waals surface area (Å²) in [5.41, 5.74) is -0.258. The van der Waals surface area contributed by atoms with Crippen molar-refractivity contribution in [3.8, 4) is 0 Å². The molecule has 3 aromatic rings. The molecular weight excluding hydrogens is 465 g/mol. The number of aromatic nitrogens is 1. The molecule has 1 fully saturated rings. The van der Waals surface area contributed by atoms with Gasteiger partial charge in [0.25, 0.3) is 11.8 Å². The highest BCUT2D eigenvalue weighted by Crippen LogP contribution is 2.31. The second-order valence-electron chi connectivity index (χ2n) is 6.92. The summed E-state index contributed by atoms with van der Waals surface area (Å²) in [4.78, 5) is 29.9. The fourth-order valence-corrected chi connectivity index (χ4v) is 4.16. The van der Waals surface area contributed by atoms with E-state index in [4.69, 9.17) is 11.6 Å². The van der Waals surface area contributed by atoms with Crippen molar-refractivity contribution in [3.63, 3.8) is 0 Å². The van der Waals surface area contributed by atoms with Crippen LogP contribution in [0.2, 0.25) is 5.02 Å². The first-order valence-electron chi connectivity index (χ1n) is 8.82. The van der Waals surface area contributed by atoms with Gasteiger partial charge in [0.1, 0.15) is 5.82 Å². The van der Waals surface area contributed by atoms with Gasteiger partial charge in [0, 0.05) is 41.1 Å². The van der Waals surface area contributed by atoms with Gasteiger partial charge in [-0.05, 0) is 64.0 Å². The molecule has 9 heteroatoms. The summed E-state index contributed by atoms with van der Waals surface area (Å²) in [6.07, 6.45) is -0.0452. The summed E-state index contributed by atoms with van der Waals surface area (Å²) >= 11 is 9.17. The van der Waals surface area contributed by atoms with E-state index in [2.05, 4.69) is 26.2 Å². The van der Waals surface area contributed by atoms with Crippen molar-refractivity contribution in [2.45, 2.75) is 18.6 Å². The van der Waals surface area contributed by atoms with E-state index < -0.39 is 23.2 Å². The third-order valence-corrected chi connectivity index (χ3v) is 5.58.